The Morgan fingerprint density at radius 1 is 1.91 bits per heavy atom. The Morgan fingerprint density at radius 2 is 2.73 bits per heavy atom. The molecule has 1 heterocycles. The summed E-state index contributed by atoms with van der Waals surface area (Å²) >= 11 is 0. The molecule has 0 saturated heterocycles. The number of nitrogens with zero attached hydrogens (tertiary/aromatic N) is 1. The van der Waals surface area contributed by atoms with Crippen LogP contribution in [0.3, 0.4) is 0 Å². The van der Waals surface area contributed by atoms with Crippen LogP contribution in [0.1, 0.15) is 10.5 Å². The van der Waals surface area contributed by atoms with Gasteiger partial charge in [-0.3, -0.25) is 4.79 Å². The first-order chi connectivity index (χ1) is 5.34. The van der Waals surface area contributed by atoms with Crippen molar-refractivity contribution in [3.8, 4) is 12.3 Å². The Labute approximate surface area is 64.0 Å². The Kier molecular flexibility index (Phi) is 2.28. The van der Waals surface area contributed by atoms with E-state index < -0.39 is 0 Å². The zero-order valence-corrected chi connectivity index (χ0v) is 5.79. The normalized spacial score (nSPS) is 8.64. The standard InChI is InChI=1S/C7H7N3O/c1-2-3-9-7(11)6-4-8-5-10-6/h1,4-5H,3H2,(H,8,10)(H,9,11). The molecule has 0 saturated carbocycles. The summed E-state index contributed by atoms with van der Waals surface area (Å²) in [6.45, 7) is 0.228. The van der Waals surface area contributed by atoms with Crippen LogP contribution in [0.25, 0.3) is 0 Å². The number of aromatic amines is 1. The molecule has 1 amide bonds. The number of carbonyl (C=O) groups excluding carboxylic acids is 1. The van der Waals surface area contributed by atoms with E-state index in [-0.39, 0.29) is 12.5 Å². The van der Waals surface area contributed by atoms with Gasteiger partial charge in [-0.15, -0.1) is 6.42 Å². The largest absolute Gasteiger partial charge is 0.350 e. The number of carbonyl (C=O) groups is 1. The van der Waals surface area contributed by atoms with Crippen LogP contribution in [0.2, 0.25) is 0 Å². The molecule has 0 radical (unpaired) electrons. The molecule has 4 heteroatoms. The minimum absolute atomic E-state index is 0.228. The van der Waals surface area contributed by atoms with Gasteiger partial charge in [0.15, 0.2) is 0 Å². The van der Waals surface area contributed by atoms with Crippen LogP contribution >= 0.6 is 0 Å². The Hall–Kier alpha value is -1.76. The van der Waals surface area contributed by atoms with Gasteiger partial charge >= 0.3 is 0 Å². The highest BCUT2D eigenvalue weighted by Gasteiger charge is 2.03. The molecule has 1 aromatic heterocycles. The van der Waals surface area contributed by atoms with E-state index in [0.717, 1.165) is 0 Å². The van der Waals surface area contributed by atoms with E-state index >= 15 is 0 Å². The summed E-state index contributed by atoms with van der Waals surface area (Å²) < 4.78 is 0. The molecule has 0 aliphatic carbocycles. The second-order valence-corrected chi connectivity index (χ2v) is 1.84. The summed E-state index contributed by atoms with van der Waals surface area (Å²) in [5.41, 5.74) is 0.347. The average Bonchev–Trinajstić information content (AvgIpc) is 2.52. The third-order valence-corrected chi connectivity index (χ3v) is 1.08. The lowest BCUT2D eigenvalue weighted by Gasteiger charge is -1.94. The molecular weight excluding hydrogens is 142 g/mol. The van der Waals surface area contributed by atoms with Crippen molar-refractivity contribution < 1.29 is 4.79 Å². The predicted molar refractivity (Wildman–Crippen MR) is 39.8 cm³/mol. The molecule has 1 aromatic rings. The first-order valence-corrected chi connectivity index (χ1v) is 3.05. The molecule has 0 aliphatic rings. The molecular formula is C7H7N3O. The predicted octanol–water partition coefficient (Wildman–Crippen LogP) is -0.227. The SMILES string of the molecule is C#CCNC(=O)c1c[nH]cn1. The highest BCUT2D eigenvalue weighted by Crippen LogP contribution is 1.88. The van der Waals surface area contributed by atoms with Gasteiger partial charge < -0.3 is 10.3 Å². The molecule has 0 spiro atoms. The highest BCUT2D eigenvalue weighted by atomic mass is 16.1. The monoisotopic (exact) mass is 149 g/mol. The van der Waals surface area contributed by atoms with Crippen molar-refractivity contribution in [2.24, 2.45) is 0 Å². The smallest absolute Gasteiger partial charge is 0.272 e. The molecule has 0 fully saturated rings. The van der Waals surface area contributed by atoms with Gasteiger partial charge in [0.25, 0.3) is 5.91 Å². The number of amides is 1. The molecule has 0 aliphatic heterocycles. The lowest BCUT2D eigenvalue weighted by atomic mass is 10.4. The van der Waals surface area contributed by atoms with Crippen LogP contribution in [0.5, 0.6) is 0 Å². The van der Waals surface area contributed by atoms with E-state index in [1.807, 2.05) is 0 Å². The van der Waals surface area contributed by atoms with E-state index in [1.165, 1.54) is 12.5 Å². The number of hydrogen-bond donors (Lipinski definition) is 2. The molecule has 0 unspecified atom stereocenters. The van der Waals surface area contributed by atoms with Gasteiger partial charge in [0.05, 0.1) is 12.9 Å². The Balaban J connectivity index is 2.51. The highest BCUT2D eigenvalue weighted by molar-refractivity contribution is 5.92. The van der Waals surface area contributed by atoms with Crippen LogP contribution < -0.4 is 5.32 Å². The third kappa shape index (κ3) is 1.83. The maximum absolute atomic E-state index is 11.0. The van der Waals surface area contributed by atoms with Crippen molar-refractivity contribution in [2.75, 3.05) is 6.54 Å². The van der Waals surface area contributed by atoms with E-state index in [1.54, 1.807) is 0 Å². The number of rotatable bonds is 2. The van der Waals surface area contributed by atoms with Crippen molar-refractivity contribution in [3.63, 3.8) is 0 Å². The zero-order chi connectivity index (χ0) is 8.10. The van der Waals surface area contributed by atoms with Crippen LogP contribution in [0, 0.1) is 12.3 Å². The van der Waals surface area contributed by atoms with Gasteiger partial charge in [0, 0.05) is 6.20 Å². The number of hydrogen-bond acceptors (Lipinski definition) is 2. The van der Waals surface area contributed by atoms with E-state index in [4.69, 9.17) is 6.42 Å². The first kappa shape index (κ1) is 7.35. The molecule has 1 rings (SSSR count). The molecule has 2 N–H and O–H groups in total. The Bertz CT molecular complexity index is 270. The van der Waals surface area contributed by atoms with E-state index in [0.29, 0.717) is 5.69 Å². The van der Waals surface area contributed by atoms with Crippen LogP contribution in [0.15, 0.2) is 12.5 Å². The fraction of sp³-hybridized carbons (Fsp3) is 0.143. The van der Waals surface area contributed by atoms with Gasteiger partial charge in [-0.05, 0) is 0 Å². The summed E-state index contributed by atoms with van der Waals surface area (Å²) in [5.74, 6) is 2.03. The van der Waals surface area contributed by atoms with Crippen molar-refractivity contribution in [2.45, 2.75) is 0 Å². The maximum atomic E-state index is 11.0. The summed E-state index contributed by atoms with van der Waals surface area (Å²) in [6.07, 6.45) is 7.88. The van der Waals surface area contributed by atoms with E-state index in [2.05, 4.69) is 21.2 Å². The summed E-state index contributed by atoms with van der Waals surface area (Å²) in [4.78, 5) is 17.4. The second kappa shape index (κ2) is 3.42. The van der Waals surface area contributed by atoms with E-state index in [9.17, 15) is 4.79 Å². The van der Waals surface area contributed by atoms with Crippen molar-refractivity contribution in [3.05, 3.63) is 18.2 Å². The Morgan fingerprint density at radius 3 is 3.27 bits per heavy atom. The van der Waals surface area contributed by atoms with Crippen molar-refractivity contribution in [1.82, 2.24) is 15.3 Å². The molecule has 0 atom stereocenters. The average molecular weight is 149 g/mol. The second-order valence-electron chi connectivity index (χ2n) is 1.84. The number of aromatic nitrogens is 2. The van der Waals surface area contributed by atoms with Gasteiger partial charge in [-0.25, -0.2) is 4.98 Å². The van der Waals surface area contributed by atoms with Gasteiger partial charge in [0.2, 0.25) is 0 Å². The maximum Gasteiger partial charge on any atom is 0.272 e. The van der Waals surface area contributed by atoms with Gasteiger partial charge in [-0.2, -0.15) is 0 Å². The van der Waals surface area contributed by atoms with Crippen LogP contribution in [0.4, 0.5) is 0 Å². The van der Waals surface area contributed by atoms with Gasteiger partial charge in [0.1, 0.15) is 5.69 Å². The molecule has 0 bridgehead atoms. The topological polar surface area (TPSA) is 57.8 Å². The summed E-state index contributed by atoms with van der Waals surface area (Å²) in [7, 11) is 0. The molecule has 0 aromatic carbocycles. The fourth-order valence-corrected chi connectivity index (χ4v) is 0.606. The zero-order valence-electron chi connectivity index (χ0n) is 5.79. The number of imidazole rings is 1. The lowest BCUT2D eigenvalue weighted by molar-refractivity contribution is 0.0954. The molecule has 4 nitrogen and oxygen atoms in total. The minimum Gasteiger partial charge on any atom is -0.350 e. The molecule has 11 heavy (non-hydrogen) atoms. The fourth-order valence-electron chi connectivity index (χ4n) is 0.606. The summed E-state index contributed by atoms with van der Waals surface area (Å²) in [6, 6.07) is 0. The quantitative estimate of drug-likeness (QED) is 0.571. The van der Waals surface area contributed by atoms with Crippen LogP contribution in [-0.2, 0) is 0 Å². The minimum atomic E-state index is -0.260. The van der Waals surface area contributed by atoms with Crippen LogP contribution in [-0.4, -0.2) is 22.4 Å². The van der Waals surface area contributed by atoms with Gasteiger partial charge in [-0.1, -0.05) is 5.92 Å². The summed E-state index contributed by atoms with van der Waals surface area (Å²) in [5, 5.41) is 2.48. The lowest BCUT2D eigenvalue weighted by Crippen LogP contribution is -2.23. The van der Waals surface area contributed by atoms with Crippen molar-refractivity contribution in [1.29, 1.82) is 0 Å². The number of nitrogens with one attached hydrogen (secondary N) is 2. The third-order valence-electron chi connectivity index (χ3n) is 1.08. The molecule has 56 valence electrons. The first-order valence-electron chi connectivity index (χ1n) is 3.05. The number of terminal acetylenes is 1. The van der Waals surface area contributed by atoms with Crippen molar-refractivity contribution >= 4 is 5.91 Å². The number of H-pyrrole nitrogens is 1.